The molecule has 0 aromatic carbocycles. The number of rotatable bonds is 4. The topological polar surface area (TPSA) is 66.5 Å². The Hall–Kier alpha value is -0.880. The molecule has 0 bridgehead atoms. The van der Waals surface area contributed by atoms with Gasteiger partial charge in [-0.1, -0.05) is 6.58 Å². The summed E-state index contributed by atoms with van der Waals surface area (Å²) in [7, 11) is -3.42. The van der Waals surface area contributed by atoms with Crippen LogP contribution in [0.1, 0.15) is 19.3 Å². The maximum Gasteiger partial charge on any atom is 0.233 e. The molecule has 0 spiro atoms. The molecule has 6 heteroatoms. The molecule has 0 aromatic heterocycles. The molecule has 1 amide bonds. The Morgan fingerprint density at radius 1 is 1.47 bits per heavy atom. The zero-order valence-electron chi connectivity index (χ0n) is 8.35. The molecule has 5 nitrogen and oxygen atoms in total. The van der Waals surface area contributed by atoms with Crippen molar-refractivity contribution in [1.29, 1.82) is 0 Å². The normalized spacial score (nSPS) is 27.1. The lowest BCUT2D eigenvalue weighted by Crippen LogP contribution is -2.36. The van der Waals surface area contributed by atoms with Crippen molar-refractivity contribution >= 4 is 15.9 Å². The van der Waals surface area contributed by atoms with Gasteiger partial charge in [0.15, 0.2) is 0 Å². The predicted octanol–water partition coefficient (Wildman–Crippen LogP) is -0.187. The highest BCUT2D eigenvalue weighted by Gasteiger charge is 2.40. The minimum Gasteiger partial charge on any atom is -0.338 e. The first kappa shape index (κ1) is 10.6. The van der Waals surface area contributed by atoms with Gasteiger partial charge in [-0.2, -0.15) is 0 Å². The number of nitrogens with one attached hydrogen (secondary N) is 1. The number of hydrogen-bond donors (Lipinski definition) is 1. The summed E-state index contributed by atoms with van der Waals surface area (Å²) in [5.74, 6) is 0.0502. The minimum atomic E-state index is -3.42. The second-order valence-electron chi connectivity index (χ2n) is 4.01. The van der Waals surface area contributed by atoms with Crippen molar-refractivity contribution in [3.05, 3.63) is 12.0 Å². The van der Waals surface area contributed by atoms with Gasteiger partial charge in [-0.15, -0.1) is 0 Å². The number of amides is 1. The molecule has 2 aliphatic rings. The average Bonchev–Trinajstić information content (AvgIpc) is 2.92. The first-order valence-corrected chi connectivity index (χ1v) is 6.51. The summed E-state index contributed by atoms with van der Waals surface area (Å²) in [4.78, 5) is 13.3. The third-order valence-electron chi connectivity index (χ3n) is 2.70. The Kier molecular flexibility index (Phi) is 2.56. The van der Waals surface area contributed by atoms with Gasteiger partial charge in [0.05, 0.1) is 0 Å². The van der Waals surface area contributed by atoms with Crippen LogP contribution >= 0.6 is 0 Å². The van der Waals surface area contributed by atoms with Crippen LogP contribution in [0.3, 0.4) is 0 Å². The Labute approximate surface area is 89.2 Å². The number of hydrogen-bond acceptors (Lipinski definition) is 3. The lowest BCUT2D eigenvalue weighted by Gasteiger charge is -2.15. The molecule has 1 heterocycles. The van der Waals surface area contributed by atoms with Gasteiger partial charge in [0.25, 0.3) is 0 Å². The molecule has 1 atom stereocenters. The second-order valence-corrected chi connectivity index (χ2v) is 5.67. The van der Waals surface area contributed by atoms with E-state index in [1.54, 1.807) is 4.90 Å². The lowest BCUT2D eigenvalue weighted by molar-refractivity contribution is -0.128. The van der Waals surface area contributed by atoms with E-state index in [4.69, 9.17) is 0 Å². The van der Waals surface area contributed by atoms with Crippen molar-refractivity contribution in [2.75, 3.05) is 6.54 Å². The summed E-state index contributed by atoms with van der Waals surface area (Å²) >= 11 is 0. The smallest absolute Gasteiger partial charge is 0.233 e. The average molecular weight is 230 g/mol. The van der Waals surface area contributed by atoms with Gasteiger partial charge >= 0.3 is 0 Å². The fourth-order valence-electron chi connectivity index (χ4n) is 1.83. The summed E-state index contributed by atoms with van der Waals surface area (Å²) in [5.41, 5.74) is 0. The van der Waals surface area contributed by atoms with E-state index < -0.39 is 10.0 Å². The van der Waals surface area contributed by atoms with Crippen LogP contribution in [0, 0.1) is 0 Å². The largest absolute Gasteiger partial charge is 0.338 e. The van der Waals surface area contributed by atoms with Gasteiger partial charge in [0.1, 0.15) is 0 Å². The van der Waals surface area contributed by atoms with Crippen LogP contribution in [0.15, 0.2) is 12.0 Å². The van der Waals surface area contributed by atoms with E-state index in [0.29, 0.717) is 12.6 Å². The van der Waals surface area contributed by atoms with E-state index in [2.05, 4.69) is 11.3 Å². The van der Waals surface area contributed by atoms with Gasteiger partial charge in [-0.05, 0) is 12.8 Å². The summed E-state index contributed by atoms with van der Waals surface area (Å²) in [5, 5.41) is 0.872. The molecule has 0 aromatic rings. The molecule has 0 radical (unpaired) electrons. The van der Waals surface area contributed by atoms with Gasteiger partial charge in [0, 0.05) is 30.5 Å². The van der Waals surface area contributed by atoms with Crippen LogP contribution in [0.2, 0.25) is 0 Å². The number of carbonyl (C=O) groups is 1. The van der Waals surface area contributed by atoms with Crippen LogP contribution in [-0.2, 0) is 14.8 Å². The standard InChI is InChI=1S/C9H14N2O3S/c1-2-15(13,14)10-7-5-9(12)11(6-7)8-3-4-8/h2,7-8,10H,1,3-6H2. The first-order valence-electron chi connectivity index (χ1n) is 4.96. The summed E-state index contributed by atoms with van der Waals surface area (Å²) in [6.45, 7) is 3.71. The van der Waals surface area contributed by atoms with Crippen LogP contribution in [0.25, 0.3) is 0 Å². The molecule has 2 fully saturated rings. The SMILES string of the molecule is C=CS(=O)(=O)NC1CC(=O)N(C2CC2)C1. The minimum absolute atomic E-state index is 0.0502. The Balaban J connectivity index is 1.97. The summed E-state index contributed by atoms with van der Waals surface area (Å²) < 4.78 is 24.8. The van der Waals surface area contributed by atoms with E-state index in [0.717, 1.165) is 18.2 Å². The van der Waals surface area contributed by atoms with Crippen molar-refractivity contribution in [2.24, 2.45) is 0 Å². The van der Waals surface area contributed by atoms with Crippen LogP contribution in [-0.4, -0.2) is 37.9 Å². The quantitative estimate of drug-likeness (QED) is 0.728. The van der Waals surface area contributed by atoms with Crippen molar-refractivity contribution in [3.63, 3.8) is 0 Å². The molecule has 1 unspecified atom stereocenters. The molecule has 1 saturated carbocycles. The number of nitrogens with zero attached hydrogens (tertiary/aromatic N) is 1. The maximum atomic E-state index is 11.5. The van der Waals surface area contributed by atoms with Crippen LogP contribution in [0.5, 0.6) is 0 Å². The second kappa shape index (κ2) is 3.61. The highest BCUT2D eigenvalue weighted by atomic mass is 32.2. The highest BCUT2D eigenvalue weighted by Crippen LogP contribution is 2.30. The van der Waals surface area contributed by atoms with Crippen molar-refractivity contribution in [3.8, 4) is 0 Å². The summed E-state index contributed by atoms with van der Waals surface area (Å²) in [6.07, 6.45) is 2.36. The fraction of sp³-hybridized carbons (Fsp3) is 0.667. The maximum absolute atomic E-state index is 11.5. The van der Waals surface area contributed by atoms with Gasteiger partial charge < -0.3 is 4.90 Å². The summed E-state index contributed by atoms with van der Waals surface area (Å²) in [6, 6.07) is 0.0665. The van der Waals surface area contributed by atoms with Crippen molar-refractivity contribution in [1.82, 2.24) is 9.62 Å². The molecule has 1 aliphatic heterocycles. The van der Waals surface area contributed by atoms with E-state index in [1.807, 2.05) is 0 Å². The van der Waals surface area contributed by atoms with Crippen LogP contribution < -0.4 is 4.72 Å². The molecule has 1 saturated heterocycles. The van der Waals surface area contributed by atoms with Crippen molar-refractivity contribution in [2.45, 2.75) is 31.3 Å². The zero-order chi connectivity index (χ0) is 11.1. The Bertz CT molecular complexity index is 386. The van der Waals surface area contributed by atoms with E-state index in [9.17, 15) is 13.2 Å². The Morgan fingerprint density at radius 3 is 2.67 bits per heavy atom. The van der Waals surface area contributed by atoms with Gasteiger partial charge in [0.2, 0.25) is 15.9 Å². The molecule has 15 heavy (non-hydrogen) atoms. The molecule has 1 aliphatic carbocycles. The number of sulfonamides is 1. The lowest BCUT2D eigenvalue weighted by atomic mass is 10.3. The molecule has 1 N–H and O–H groups in total. The fourth-order valence-corrected chi connectivity index (χ4v) is 2.55. The van der Waals surface area contributed by atoms with E-state index in [1.165, 1.54) is 0 Å². The first-order chi connectivity index (χ1) is 7.02. The third-order valence-corrected chi connectivity index (χ3v) is 3.80. The molecular formula is C9H14N2O3S. The number of likely N-dealkylation sites (tertiary alicyclic amines) is 1. The van der Waals surface area contributed by atoms with E-state index in [-0.39, 0.29) is 18.4 Å². The molecule has 2 rings (SSSR count). The number of carbonyl (C=O) groups excluding carboxylic acids is 1. The van der Waals surface area contributed by atoms with Crippen LogP contribution in [0.4, 0.5) is 0 Å². The Morgan fingerprint density at radius 2 is 2.13 bits per heavy atom. The molecular weight excluding hydrogens is 216 g/mol. The predicted molar refractivity (Wildman–Crippen MR) is 55.4 cm³/mol. The van der Waals surface area contributed by atoms with Gasteiger partial charge in [-0.25, -0.2) is 13.1 Å². The third kappa shape index (κ3) is 2.38. The van der Waals surface area contributed by atoms with Gasteiger partial charge in [-0.3, -0.25) is 4.79 Å². The highest BCUT2D eigenvalue weighted by molar-refractivity contribution is 7.92. The molecule has 84 valence electrons. The van der Waals surface area contributed by atoms with E-state index >= 15 is 0 Å². The monoisotopic (exact) mass is 230 g/mol. The zero-order valence-corrected chi connectivity index (χ0v) is 9.16. The van der Waals surface area contributed by atoms with Crippen molar-refractivity contribution < 1.29 is 13.2 Å².